The van der Waals surface area contributed by atoms with E-state index in [2.05, 4.69) is 0 Å². The zero-order chi connectivity index (χ0) is 14.3. The van der Waals surface area contributed by atoms with E-state index in [1.165, 1.54) is 12.1 Å². The van der Waals surface area contributed by atoms with Gasteiger partial charge in [0.25, 0.3) is 0 Å². The maximum Gasteiger partial charge on any atom is 0.129 e. The molecule has 2 nitrogen and oxygen atoms in total. The fraction of sp³-hybridized carbons (Fsp3) is 0.600. The van der Waals surface area contributed by atoms with Gasteiger partial charge in [-0.2, -0.15) is 0 Å². The van der Waals surface area contributed by atoms with Gasteiger partial charge in [0.2, 0.25) is 0 Å². The van der Waals surface area contributed by atoms with E-state index in [4.69, 9.17) is 5.73 Å². The van der Waals surface area contributed by atoms with Gasteiger partial charge in [0.05, 0.1) is 6.10 Å². The largest absolute Gasteiger partial charge is 0.392 e. The molecule has 2 rings (SSSR count). The Labute approximate surface area is 112 Å². The number of hydrogen-bond acceptors (Lipinski definition) is 2. The average Bonchev–Trinajstić information content (AvgIpc) is 2.57. The zero-order valence-corrected chi connectivity index (χ0v) is 11.4. The van der Waals surface area contributed by atoms with E-state index in [-0.39, 0.29) is 5.41 Å². The highest BCUT2D eigenvalue weighted by atomic mass is 19.1. The van der Waals surface area contributed by atoms with Crippen molar-refractivity contribution in [3.8, 4) is 0 Å². The van der Waals surface area contributed by atoms with Crippen LogP contribution >= 0.6 is 0 Å². The zero-order valence-electron chi connectivity index (χ0n) is 11.4. The van der Waals surface area contributed by atoms with Crippen molar-refractivity contribution in [1.29, 1.82) is 0 Å². The molecule has 1 aromatic carbocycles. The molecule has 0 bridgehead atoms. The molecule has 2 atom stereocenters. The SMILES string of the molecule is CC1(C)CCC(CN)(Cc2ccc(F)cc2F)C1O. The number of hydrogen-bond donors (Lipinski definition) is 2. The van der Waals surface area contributed by atoms with E-state index in [0.717, 1.165) is 18.9 Å². The van der Waals surface area contributed by atoms with Crippen molar-refractivity contribution in [2.24, 2.45) is 16.6 Å². The standard InChI is InChI=1S/C15H21F2NO/c1-14(2)5-6-15(9-18,13(14)19)8-10-3-4-11(16)7-12(10)17/h3-4,7,13,19H,5-6,8-9,18H2,1-2H3. The molecule has 1 aromatic rings. The lowest BCUT2D eigenvalue weighted by molar-refractivity contribution is -0.00499. The summed E-state index contributed by atoms with van der Waals surface area (Å²) in [6.07, 6.45) is 1.39. The summed E-state index contributed by atoms with van der Waals surface area (Å²) in [5, 5.41) is 10.5. The maximum atomic E-state index is 13.8. The molecule has 0 amide bonds. The molecule has 1 aliphatic rings. The molecule has 19 heavy (non-hydrogen) atoms. The molecule has 0 heterocycles. The quantitative estimate of drug-likeness (QED) is 0.886. The van der Waals surface area contributed by atoms with E-state index in [1.807, 2.05) is 13.8 Å². The Hall–Kier alpha value is -1.00. The first-order valence-electron chi connectivity index (χ1n) is 6.63. The number of halogens is 2. The predicted molar refractivity (Wildman–Crippen MR) is 70.6 cm³/mol. The number of rotatable bonds is 3. The fourth-order valence-corrected chi connectivity index (χ4v) is 3.19. The van der Waals surface area contributed by atoms with Crippen molar-refractivity contribution in [2.45, 2.75) is 39.2 Å². The first-order valence-corrected chi connectivity index (χ1v) is 6.63. The molecular formula is C15H21F2NO. The van der Waals surface area contributed by atoms with E-state index < -0.39 is 23.2 Å². The molecule has 0 aromatic heterocycles. The van der Waals surface area contributed by atoms with E-state index in [9.17, 15) is 13.9 Å². The summed E-state index contributed by atoms with van der Waals surface area (Å²) in [4.78, 5) is 0. The van der Waals surface area contributed by atoms with Crippen molar-refractivity contribution in [3.63, 3.8) is 0 Å². The molecule has 0 aliphatic heterocycles. The van der Waals surface area contributed by atoms with Crippen LogP contribution in [0.1, 0.15) is 32.3 Å². The van der Waals surface area contributed by atoms with Gasteiger partial charge in [0.15, 0.2) is 0 Å². The van der Waals surface area contributed by atoms with Crippen LogP contribution in [0, 0.1) is 22.5 Å². The van der Waals surface area contributed by atoms with Crippen LogP contribution in [0.25, 0.3) is 0 Å². The van der Waals surface area contributed by atoms with Crippen LogP contribution in [0.3, 0.4) is 0 Å². The predicted octanol–water partition coefficient (Wildman–Crippen LogP) is 2.63. The topological polar surface area (TPSA) is 46.2 Å². The summed E-state index contributed by atoms with van der Waals surface area (Å²) >= 11 is 0. The molecular weight excluding hydrogens is 248 g/mol. The minimum Gasteiger partial charge on any atom is -0.392 e. The Morgan fingerprint density at radius 1 is 1.32 bits per heavy atom. The molecule has 2 unspecified atom stereocenters. The third kappa shape index (κ3) is 2.51. The Kier molecular flexibility index (Phi) is 3.67. The molecule has 0 saturated heterocycles. The van der Waals surface area contributed by atoms with Gasteiger partial charge < -0.3 is 10.8 Å². The van der Waals surface area contributed by atoms with Gasteiger partial charge in [-0.15, -0.1) is 0 Å². The summed E-state index contributed by atoms with van der Waals surface area (Å²) < 4.78 is 26.7. The van der Waals surface area contributed by atoms with Gasteiger partial charge >= 0.3 is 0 Å². The highest BCUT2D eigenvalue weighted by molar-refractivity contribution is 5.22. The number of nitrogens with two attached hydrogens (primary N) is 1. The Balaban J connectivity index is 2.29. The third-order valence-corrected chi connectivity index (χ3v) is 4.55. The van der Waals surface area contributed by atoms with Crippen molar-refractivity contribution in [1.82, 2.24) is 0 Å². The Morgan fingerprint density at radius 2 is 2.00 bits per heavy atom. The first kappa shape index (κ1) is 14.4. The first-order chi connectivity index (χ1) is 8.81. The van der Waals surface area contributed by atoms with E-state index in [1.54, 1.807) is 0 Å². The summed E-state index contributed by atoms with van der Waals surface area (Å²) in [6.45, 7) is 4.29. The second-order valence-electron chi connectivity index (χ2n) is 6.37. The third-order valence-electron chi connectivity index (χ3n) is 4.55. The van der Waals surface area contributed by atoms with Gasteiger partial charge in [0, 0.05) is 18.0 Å². The second kappa shape index (κ2) is 4.84. The average molecular weight is 269 g/mol. The minimum absolute atomic E-state index is 0.212. The Bertz CT molecular complexity index is 475. The van der Waals surface area contributed by atoms with Gasteiger partial charge in [-0.1, -0.05) is 19.9 Å². The highest BCUT2D eigenvalue weighted by Crippen LogP contribution is 2.50. The van der Waals surface area contributed by atoms with Crippen LogP contribution in [-0.4, -0.2) is 17.8 Å². The molecule has 0 spiro atoms. The molecule has 4 heteroatoms. The van der Waals surface area contributed by atoms with Crippen LogP contribution in [0.15, 0.2) is 18.2 Å². The molecule has 106 valence electrons. The molecule has 1 fully saturated rings. The summed E-state index contributed by atoms with van der Waals surface area (Å²) in [5.74, 6) is -1.15. The van der Waals surface area contributed by atoms with Crippen LogP contribution in [-0.2, 0) is 6.42 Å². The van der Waals surface area contributed by atoms with Crippen LogP contribution in [0.2, 0.25) is 0 Å². The highest BCUT2D eigenvalue weighted by Gasteiger charge is 2.51. The van der Waals surface area contributed by atoms with Crippen molar-refractivity contribution >= 4 is 0 Å². The lowest BCUT2D eigenvalue weighted by atomic mass is 9.74. The smallest absolute Gasteiger partial charge is 0.129 e. The van der Waals surface area contributed by atoms with Gasteiger partial charge in [-0.25, -0.2) is 8.78 Å². The van der Waals surface area contributed by atoms with E-state index >= 15 is 0 Å². The lowest BCUT2D eigenvalue weighted by Crippen LogP contribution is -2.44. The number of aliphatic hydroxyl groups excluding tert-OH is 1. The minimum atomic E-state index is -0.588. The second-order valence-corrected chi connectivity index (χ2v) is 6.37. The normalized spacial score (nSPS) is 29.7. The number of benzene rings is 1. The Morgan fingerprint density at radius 3 is 2.47 bits per heavy atom. The summed E-state index contributed by atoms with van der Waals surface area (Å²) in [7, 11) is 0. The fourth-order valence-electron chi connectivity index (χ4n) is 3.19. The van der Waals surface area contributed by atoms with Crippen molar-refractivity contribution < 1.29 is 13.9 Å². The summed E-state index contributed by atoms with van der Waals surface area (Å²) in [6, 6.07) is 3.57. The van der Waals surface area contributed by atoms with Gasteiger partial charge in [-0.3, -0.25) is 0 Å². The van der Waals surface area contributed by atoms with Crippen LogP contribution in [0.5, 0.6) is 0 Å². The van der Waals surface area contributed by atoms with Gasteiger partial charge in [-0.05, 0) is 36.3 Å². The maximum absolute atomic E-state index is 13.8. The molecule has 3 N–H and O–H groups in total. The monoisotopic (exact) mass is 269 g/mol. The number of aliphatic hydroxyl groups is 1. The molecule has 1 aliphatic carbocycles. The van der Waals surface area contributed by atoms with Crippen molar-refractivity contribution in [2.75, 3.05) is 6.54 Å². The van der Waals surface area contributed by atoms with Crippen LogP contribution < -0.4 is 5.73 Å². The lowest BCUT2D eigenvalue weighted by Gasteiger charge is -2.36. The summed E-state index contributed by atoms with van der Waals surface area (Å²) in [5.41, 5.74) is 5.55. The molecule has 0 radical (unpaired) electrons. The van der Waals surface area contributed by atoms with E-state index in [0.29, 0.717) is 18.5 Å². The molecule has 1 saturated carbocycles. The van der Waals surface area contributed by atoms with Crippen LogP contribution in [0.4, 0.5) is 8.78 Å². The van der Waals surface area contributed by atoms with Crippen molar-refractivity contribution in [3.05, 3.63) is 35.4 Å². The van der Waals surface area contributed by atoms with Gasteiger partial charge in [0.1, 0.15) is 11.6 Å².